The van der Waals surface area contributed by atoms with Crippen LogP contribution in [0.2, 0.25) is 0 Å². The zero-order valence-corrected chi connectivity index (χ0v) is 14.7. The van der Waals surface area contributed by atoms with Gasteiger partial charge in [-0.3, -0.25) is 4.79 Å². The second kappa shape index (κ2) is 7.25. The predicted molar refractivity (Wildman–Crippen MR) is 93.0 cm³/mol. The number of nitrogens with zero attached hydrogens (tertiary/aromatic N) is 1. The number of benzene rings is 1. The van der Waals surface area contributed by atoms with Gasteiger partial charge in [0, 0.05) is 28.4 Å². The van der Waals surface area contributed by atoms with E-state index in [0.29, 0.717) is 13.0 Å². The first-order valence-electron chi connectivity index (χ1n) is 7.82. The molecular weight excluding hydrogens is 312 g/mol. The lowest BCUT2D eigenvalue weighted by molar-refractivity contribution is -0.143. The Hall–Kier alpha value is -1.69. The number of carbonyl (C=O) groups excluding carboxylic acids is 1. The van der Waals surface area contributed by atoms with Gasteiger partial charge in [0.15, 0.2) is 0 Å². The Morgan fingerprint density at radius 3 is 2.48 bits per heavy atom. The van der Waals surface area contributed by atoms with Gasteiger partial charge in [0.2, 0.25) is 0 Å². The van der Waals surface area contributed by atoms with E-state index >= 15 is 0 Å². The highest BCUT2D eigenvalue weighted by Crippen LogP contribution is 2.32. The first-order valence-corrected chi connectivity index (χ1v) is 8.64. The molecule has 1 fully saturated rings. The van der Waals surface area contributed by atoms with Crippen LogP contribution >= 0.6 is 11.8 Å². The Morgan fingerprint density at radius 1 is 1.26 bits per heavy atom. The van der Waals surface area contributed by atoms with Gasteiger partial charge >= 0.3 is 12.0 Å². The number of carboxylic acids is 1. The van der Waals surface area contributed by atoms with Crippen LogP contribution < -0.4 is 5.32 Å². The number of thioether (sulfide) groups is 1. The van der Waals surface area contributed by atoms with Crippen LogP contribution in [-0.2, 0) is 4.79 Å². The van der Waals surface area contributed by atoms with Gasteiger partial charge in [-0.2, -0.15) is 0 Å². The maximum Gasteiger partial charge on any atom is 0.321 e. The summed E-state index contributed by atoms with van der Waals surface area (Å²) in [6.07, 6.45) is 1.36. The van der Waals surface area contributed by atoms with Gasteiger partial charge < -0.3 is 15.3 Å². The molecule has 1 aliphatic rings. The summed E-state index contributed by atoms with van der Waals surface area (Å²) in [5, 5.41) is 11.9. The van der Waals surface area contributed by atoms with Gasteiger partial charge in [-0.25, -0.2) is 4.79 Å². The molecule has 0 aliphatic carbocycles. The molecule has 1 atom stereocenters. The molecule has 2 rings (SSSR count). The van der Waals surface area contributed by atoms with Crippen molar-refractivity contribution in [2.45, 2.75) is 43.3 Å². The number of urea groups is 1. The normalized spacial score (nSPS) is 18.6. The SMILES string of the molecule is CC(C)(C)Sc1ccc(NC(=O)N2CCCC(C(=O)O)C2)cc1. The molecule has 1 saturated heterocycles. The lowest BCUT2D eigenvalue weighted by Crippen LogP contribution is -2.44. The molecule has 0 saturated carbocycles. The van der Waals surface area contributed by atoms with E-state index < -0.39 is 11.9 Å². The summed E-state index contributed by atoms with van der Waals surface area (Å²) in [5.41, 5.74) is 0.728. The van der Waals surface area contributed by atoms with Gasteiger partial charge in [0.25, 0.3) is 0 Å². The van der Waals surface area contributed by atoms with Gasteiger partial charge in [0.1, 0.15) is 0 Å². The largest absolute Gasteiger partial charge is 0.481 e. The second-order valence-corrected chi connectivity index (χ2v) is 8.69. The number of nitrogens with one attached hydrogen (secondary N) is 1. The van der Waals surface area contributed by atoms with Crippen LogP contribution in [0.3, 0.4) is 0 Å². The molecule has 0 bridgehead atoms. The third-order valence-electron chi connectivity index (χ3n) is 3.59. The first-order chi connectivity index (χ1) is 10.7. The third-order valence-corrected chi connectivity index (χ3v) is 4.71. The first kappa shape index (κ1) is 17.7. The summed E-state index contributed by atoms with van der Waals surface area (Å²) in [6, 6.07) is 7.51. The van der Waals surface area contributed by atoms with E-state index in [-0.39, 0.29) is 17.3 Å². The Bertz CT molecular complexity index is 566. The van der Waals surface area contributed by atoms with Gasteiger partial charge in [-0.05, 0) is 37.1 Å². The number of piperidine rings is 1. The molecule has 6 heteroatoms. The van der Waals surface area contributed by atoms with Crippen molar-refractivity contribution in [1.29, 1.82) is 0 Å². The van der Waals surface area contributed by atoms with Crippen LogP contribution in [0.4, 0.5) is 10.5 Å². The van der Waals surface area contributed by atoms with Crippen molar-refractivity contribution in [2.75, 3.05) is 18.4 Å². The molecule has 0 aromatic heterocycles. The van der Waals surface area contributed by atoms with Crippen LogP contribution in [0.15, 0.2) is 29.2 Å². The van der Waals surface area contributed by atoms with Crippen molar-refractivity contribution in [2.24, 2.45) is 5.92 Å². The molecule has 1 aliphatic heterocycles. The molecule has 1 aromatic carbocycles. The second-order valence-electron chi connectivity index (χ2n) is 6.79. The summed E-state index contributed by atoms with van der Waals surface area (Å²) in [6.45, 7) is 7.35. The smallest absolute Gasteiger partial charge is 0.321 e. The number of likely N-dealkylation sites (tertiary alicyclic amines) is 1. The van der Waals surface area contributed by atoms with Crippen LogP contribution in [0.25, 0.3) is 0 Å². The van der Waals surface area contributed by atoms with E-state index in [1.54, 1.807) is 16.7 Å². The minimum absolute atomic E-state index is 0.143. The molecule has 5 nitrogen and oxygen atoms in total. The summed E-state index contributed by atoms with van der Waals surface area (Å²) in [5.74, 6) is -1.29. The average molecular weight is 336 g/mol. The Kier molecular flexibility index (Phi) is 5.57. The number of aliphatic carboxylic acids is 1. The zero-order chi connectivity index (χ0) is 17.0. The molecule has 126 valence electrons. The van der Waals surface area contributed by atoms with Gasteiger partial charge in [0.05, 0.1) is 5.92 Å². The van der Waals surface area contributed by atoms with E-state index in [2.05, 4.69) is 26.1 Å². The van der Waals surface area contributed by atoms with Crippen molar-refractivity contribution in [3.8, 4) is 0 Å². The molecule has 23 heavy (non-hydrogen) atoms. The van der Waals surface area contributed by atoms with E-state index in [1.807, 2.05) is 24.3 Å². The van der Waals surface area contributed by atoms with E-state index in [4.69, 9.17) is 5.11 Å². The number of hydrogen-bond acceptors (Lipinski definition) is 3. The molecule has 1 heterocycles. The minimum Gasteiger partial charge on any atom is -0.481 e. The maximum atomic E-state index is 12.3. The monoisotopic (exact) mass is 336 g/mol. The van der Waals surface area contributed by atoms with Crippen molar-refractivity contribution in [1.82, 2.24) is 4.90 Å². The topological polar surface area (TPSA) is 69.6 Å². The van der Waals surface area contributed by atoms with E-state index in [9.17, 15) is 9.59 Å². The number of carbonyl (C=O) groups is 2. The Balaban J connectivity index is 1.93. The maximum absolute atomic E-state index is 12.3. The van der Waals surface area contributed by atoms with Crippen LogP contribution in [0, 0.1) is 5.92 Å². The van der Waals surface area contributed by atoms with Crippen molar-refractivity contribution in [3.63, 3.8) is 0 Å². The number of rotatable bonds is 3. The van der Waals surface area contributed by atoms with Crippen LogP contribution in [-0.4, -0.2) is 39.8 Å². The van der Waals surface area contributed by atoms with E-state index in [1.165, 1.54) is 0 Å². The van der Waals surface area contributed by atoms with Crippen LogP contribution in [0.1, 0.15) is 33.6 Å². The molecular formula is C17H24N2O3S. The summed E-state index contributed by atoms with van der Waals surface area (Å²) < 4.78 is 0.143. The number of carboxylic acid groups (broad SMARTS) is 1. The summed E-state index contributed by atoms with van der Waals surface area (Å²) in [7, 11) is 0. The van der Waals surface area contributed by atoms with Crippen LogP contribution in [0.5, 0.6) is 0 Å². The highest BCUT2D eigenvalue weighted by Gasteiger charge is 2.28. The van der Waals surface area contributed by atoms with Crippen molar-refractivity contribution in [3.05, 3.63) is 24.3 Å². The molecule has 1 aromatic rings. The van der Waals surface area contributed by atoms with Gasteiger partial charge in [-0.1, -0.05) is 20.8 Å². The predicted octanol–water partition coefficient (Wildman–Crippen LogP) is 3.91. The number of anilines is 1. The van der Waals surface area contributed by atoms with Crippen molar-refractivity contribution >= 4 is 29.4 Å². The fraction of sp³-hybridized carbons (Fsp3) is 0.529. The Morgan fingerprint density at radius 2 is 1.91 bits per heavy atom. The minimum atomic E-state index is -0.828. The molecule has 1 unspecified atom stereocenters. The fourth-order valence-corrected chi connectivity index (χ4v) is 3.50. The van der Waals surface area contributed by atoms with Crippen molar-refractivity contribution < 1.29 is 14.7 Å². The summed E-state index contributed by atoms with van der Waals surface area (Å²) >= 11 is 1.77. The zero-order valence-electron chi connectivity index (χ0n) is 13.8. The van der Waals surface area contributed by atoms with E-state index in [0.717, 1.165) is 17.0 Å². The van der Waals surface area contributed by atoms with Gasteiger partial charge in [-0.15, -0.1) is 11.8 Å². The standard InChI is InChI=1S/C17H24N2O3S/c1-17(2,3)23-14-8-6-13(7-9-14)18-16(22)19-10-4-5-12(11-19)15(20)21/h6-9,12H,4-5,10-11H2,1-3H3,(H,18,22)(H,20,21). The quantitative estimate of drug-likeness (QED) is 0.821. The third kappa shape index (κ3) is 5.46. The lowest BCUT2D eigenvalue weighted by atomic mass is 9.99. The molecule has 2 amide bonds. The number of amides is 2. The fourth-order valence-electron chi connectivity index (χ4n) is 2.53. The molecule has 0 spiro atoms. The highest BCUT2D eigenvalue weighted by molar-refractivity contribution is 8.00. The Labute approximate surface area is 141 Å². The summed E-state index contributed by atoms with van der Waals surface area (Å²) in [4.78, 5) is 26.1. The molecule has 2 N–H and O–H groups in total. The molecule has 0 radical (unpaired) electrons. The highest BCUT2D eigenvalue weighted by atomic mass is 32.2. The number of hydrogen-bond donors (Lipinski definition) is 2. The average Bonchev–Trinajstić information content (AvgIpc) is 2.48. The lowest BCUT2D eigenvalue weighted by Gasteiger charge is -2.30.